The molecule has 40 heavy (non-hydrogen) atoms. The number of allylic oxidation sites excluding steroid dienone is 2. The second-order valence-electron chi connectivity index (χ2n) is 12.1. The van der Waals surface area contributed by atoms with Gasteiger partial charge in [0.05, 0.1) is 31.4 Å². The Kier molecular flexibility index (Phi) is 10.2. The maximum Gasteiger partial charge on any atom is 0.242 e. The second kappa shape index (κ2) is 13.6. The number of carbonyl (C=O) groups excluding carboxylic acids is 3. The molecule has 0 unspecified atom stereocenters. The summed E-state index contributed by atoms with van der Waals surface area (Å²) in [7, 11) is 1.59. The quantitative estimate of drug-likeness (QED) is 0.465. The summed E-state index contributed by atoms with van der Waals surface area (Å²) in [6, 6.07) is 5.18. The van der Waals surface area contributed by atoms with E-state index in [4.69, 9.17) is 9.47 Å². The third-order valence-electron chi connectivity index (χ3n) is 8.54. The van der Waals surface area contributed by atoms with Gasteiger partial charge >= 0.3 is 0 Å². The number of rotatable bonds is 6. The zero-order valence-electron chi connectivity index (χ0n) is 24.5. The van der Waals surface area contributed by atoms with E-state index < -0.39 is 11.5 Å². The Bertz CT molecular complexity index is 1080. The van der Waals surface area contributed by atoms with Crippen LogP contribution in [-0.4, -0.2) is 74.7 Å². The first-order chi connectivity index (χ1) is 19.2. The maximum absolute atomic E-state index is 13.8. The Labute approximate surface area is 238 Å². The Morgan fingerprint density at radius 3 is 2.70 bits per heavy atom. The molecule has 3 aliphatic rings. The Balaban J connectivity index is 1.44. The van der Waals surface area contributed by atoms with E-state index in [1.807, 2.05) is 25.1 Å². The highest BCUT2D eigenvalue weighted by Crippen LogP contribution is 2.37. The highest BCUT2D eigenvalue weighted by Gasteiger charge is 2.42. The number of hydrogen-bond acceptors (Lipinski definition) is 6. The second-order valence-corrected chi connectivity index (χ2v) is 12.1. The number of hydrogen-bond donors (Lipinski definition) is 3. The lowest BCUT2D eigenvalue weighted by atomic mass is 9.74. The average molecular weight is 555 g/mol. The third kappa shape index (κ3) is 7.63. The first kappa shape index (κ1) is 30.1. The van der Waals surface area contributed by atoms with Gasteiger partial charge in [0.2, 0.25) is 17.7 Å². The molecule has 1 spiro atoms. The summed E-state index contributed by atoms with van der Waals surface area (Å²) in [5.41, 5.74) is 1.08. The molecule has 3 N–H and O–H groups in total. The van der Waals surface area contributed by atoms with Crippen LogP contribution in [0.5, 0.6) is 5.75 Å². The minimum Gasteiger partial charge on any atom is -0.495 e. The van der Waals surface area contributed by atoms with Crippen LogP contribution in [0.4, 0.5) is 5.69 Å². The third-order valence-corrected chi connectivity index (χ3v) is 8.54. The van der Waals surface area contributed by atoms with Crippen LogP contribution >= 0.6 is 0 Å². The number of methoxy groups -OCH3 is 1. The molecular formula is C31H46N4O5. The highest BCUT2D eigenvalue weighted by molar-refractivity contribution is 5.94. The molecule has 9 heteroatoms. The summed E-state index contributed by atoms with van der Waals surface area (Å²) in [6.45, 7) is 8.88. The lowest BCUT2D eigenvalue weighted by Gasteiger charge is -2.41. The number of aryl methyl sites for hydroxylation is 1. The molecule has 1 aromatic rings. The minimum absolute atomic E-state index is 0.0556. The van der Waals surface area contributed by atoms with Crippen molar-refractivity contribution in [3.05, 3.63) is 35.9 Å². The van der Waals surface area contributed by atoms with Crippen molar-refractivity contribution in [2.75, 3.05) is 45.3 Å². The number of nitrogens with one attached hydrogen (secondary N) is 3. The number of anilines is 1. The molecule has 3 heterocycles. The standard InChI is InChI=1S/C31H46N4O5/c1-21(2)17-26-29(37)33-24-10-16-40-20-23(24)7-5-6-11-31(30(38)34-26)12-14-35(15-13-31)19-28(36)32-25-18-22(3)8-9-27(25)39-4/h5-6,8-9,18,21,23-24,26H,7,10-17,19-20H2,1-4H3,(H,32,36)(H,33,37)(H,34,38)/b6-5-/t23-,24+,26-/m1/s1. The first-order valence-electron chi connectivity index (χ1n) is 14.7. The van der Waals surface area contributed by atoms with Crippen LogP contribution in [0.2, 0.25) is 0 Å². The van der Waals surface area contributed by atoms with E-state index in [1.165, 1.54) is 0 Å². The molecule has 1 aromatic carbocycles. The topological polar surface area (TPSA) is 109 Å². The number of benzene rings is 1. The van der Waals surface area contributed by atoms with Crippen molar-refractivity contribution < 1.29 is 23.9 Å². The van der Waals surface area contributed by atoms with Crippen molar-refractivity contribution in [1.82, 2.24) is 15.5 Å². The molecule has 3 aliphatic heterocycles. The molecule has 220 valence electrons. The SMILES string of the molecule is COc1ccc(C)cc1NC(=O)CN1CCC2(C/C=C\C[C@@H]3COCC[C@@H]3NC(=O)[C@@H](CC(C)C)NC2=O)CC1. The van der Waals surface area contributed by atoms with E-state index in [9.17, 15) is 14.4 Å². The highest BCUT2D eigenvalue weighted by atomic mass is 16.5. The zero-order chi connectivity index (χ0) is 28.7. The van der Waals surface area contributed by atoms with Crippen LogP contribution in [0.1, 0.15) is 57.9 Å². The maximum atomic E-state index is 13.8. The Morgan fingerprint density at radius 1 is 1.20 bits per heavy atom. The van der Waals surface area contributed by atoms with E-state index in [0.29, 0.717) is 63.4 Å². The Hall–Kier alpha value is -2.91. The molecule has 2 fully saturated rings. The van der Waals surface area contributed by atoms with Gasteiger partial charge in [-0.3, -0.25) is 19.3 Å². The van der Waals surface area contributed by atoms with Gasteiger partial charge < -0.3 is 25.4 Å². The van der Waals surface area contributed by atoms with Gasteiger partial charge in [-0.15, -0.1) is 0 Å². The van der Waals surface area contributed by atoms with Crippen molar-refractivity contribution in [3.8, 4) is 5.75 Å². The van der Waals surface area contributed by atoms with Crippen LogP contribution in [0.3, 0.4) is 0 Å². The molecule has 9 nitrogen and oxygen atoms in total. The van der Waals surface area contributed by atoms with Crippen LogP contribution in [0, 0.1) is 24.2 Å². The summed E-state index contributed by atoms with van der Waals surface area (Å²) < 4.78 is 11.1. The van der Waals surface area contributed by atoms with Crippen LogP contribution in [0.25, 0.3) is 0 Å². The van der Waals surface area contributed by atoms with Gasteiger partial charge in [-0.1, -0.05) is 32.1 Å². The molecule has 2 saturated heterocycles. The van der Waals surface area contributed by atoms with E-state index in [1.54, 1.807) is 7.11 Å². The summed E-state index contributed by atoms with van der Waals surface area (Å²) in [5.74, 6) is 0.847. The predicted octanol–water partition coefficient (Wildman–Crippen LogP) is 3.43. The van der Waals surface area contributed by atoms with Gasteiger partial charge in [0, 0.05) is 18.6 Å². The van der Waals surface area contributed by atoms with Gasteiger partial charge in [-0.25, -0.2) is 0 Å². The Morgan fingerprint density at radius 2 is 1.98 bits per heavy atom. The monoisotopic (exact) mass is 554 g/mol. The van der Waals surface area contributed by atoms with E-state index in [0.717, 1.165) is 18.4 Å². The lowest BCUT2D eigenvalue weighted by molar-refractivity contribution is -0.138. The zero-order valence-corrected chi connectivity index (χ0v) is 24.5. The summed E-state index contributed by atoms with van der Waals surface area (Å²) in [6.07, 6.45) is 8.33. The van der Waals surface area contributed by atoms with Crippen LogP contribution in [-0.2, 0) is 19.1 Å². The molecule has 0 saturated carbocycles. The van der Waals surface area contributed by atoms with E-state index >= 15 is 0 Å². The lowest BCUT2D eigenvalue weighted by Crippen LogP contribution is -2.57. The number of piperidine rings is 1. The van der Waals surface area contributed by atoms with Crippen molar-refractivity contribution in [2.24, 2.45) is 17.3 Å². The first-order valence-corrected chi connectivity index (χ1v) is 14.7. The predicted molar refractivity (Wildman–Crippen MR) is 155 cm³/mol. The molecule has 4 rings (SSSR count). The molecule has 3 amide bonds. The number of likely N-dealkylation sites (tertiary alicyclic amines) is 1. The summed E-state index contributed by atoms with van der Waals surface area (Å²) in [4.78, 5) is 42.2. The normalized spacial score (nSPS) is 26.6. The number of ether oxygens (including phenoxy) is 2. The number of nitrogens with zero attached hydrogens (tertiary/aromatic N) is 1. The molecule has 0 aliphatic carbocycles. The van der Waals surface area contributed by atoms with Gasteiger partial charge in [0.1, 0.15) is 11.8 Å². The summed E-state index contributed by atoms with van der Waals surface area (Å²) in [5, 5.41) is 9.36. The molecule has 3 atom stereocenters. The fourth-order valence-electron chi connectivity index (χ4n) is 6.07. The number of carbonyl (C=O) groups is 3. The van der Waals surface area contributed by atoms with Gasteiger partial charge in [0.25, 0.3) is 0 Å². The smallest absolute Gasteiger partial charge is 0.242 e. The number of amides is 3. The van der Waals surface area contributed by atoms with E-state index in [2.05, 4.69) is 46.8 Å². The fourth-order valence-corrected chi connectivity index (χ4v) is 6.07. The fraction of sp³-hybridized carbons (Fsp3) is 0.645. The van der Waals surface area contributed by atoms with E-state index in [-0.39, 0.29) is 42.1 Å². The van der Waals surface area contributed by atoms with Crippen molar-refractivity contribution in [2.45, 2.75) is 71.4 Å². The largest absolute Gasteiger partial charge is 0.495 e. The molecule has 0 aromatic heterocycles. The molecule has 0 bridgehead atoms. The minimum atomic E-state index is -0.611. The van der Waals surface area contributed by atoms with Gasteiger partial charge in [0.15, 0.2) is 0 Å². The number of fused-ring (bicyclic) bond motifs is 1. The molecular weight excluding hydrogens is 508 g/mol. The van der Waals surface area contributed by atoms with Gasteiger partial charge in [-0.05, 0) is 82.2 Å². The van der Waals surface area contributed by atoms with Crippen molar-refractivity contribution in [1.29, 1.82) is 0 Å². The van der Waals surface area contributed by atoms with Crippen LogP contribution in [0.15, 0.2) is 30.4 Å². The summed E-state index contributed by atoms with van der Waals surface area (Å²) >= 11 is 0. The van der Waals surface area contributed by atoms with Crippen molar-refractivity contribution >= 4 is 23.4 Å². The van der Waals surface area contributed by atoms with Crippen LogP contribution < -0.4 is 20.7 Å². The van der Waals surface area contributed by atoms with Crippen molar-refractivity contribution in [3.63, 3.8) is 0 Å². The molecule has 0 radical (unpaired) electrons. The van der Waals surface area contributed by atoms with Gasteiger partial charge in [-0.2, -0.15) is 0 Å². The average Bonchev–Trinajstić information content (AvgIpc) is 2.92.